The highest BCUT2D eigenvalue weighted by molar-refractivity contribution is 6.02. The third kappa shape index (κ3) is 3.86. The third-order valence-corrected chi connectivity index (χ3v) is 2.57. The molecule has 0 aliphatic carbocycles. The highest BCUT2D eigenvalue weighted by atomic mass is 16.2. The Labute approximate surface area is 91.1 Å². The van der Waals surface area contributed by atoms with Crippen LogP contribution < -0.4 is 0 Å². The lowest BCUT2D eigenvalue weighted by atomic mass is 10.1. The van der Waals surface area contributed by atoms with Gasteiger partial charge in [-0.1, -0.05) is 32.3 Å². The van der Waals surface area contributed by atoms with E-state index in [4.69, 9.17) is 0 Å². The van der Waals surface area contributed by atoms with Crippen LogP contribution in [0.15, 0.2) is 12.3 Å². The van der Waals surface area contributed by atoms with Crippen molar-refractivity contribution in [2.75, 3.05) is 0 Å². The molecule has 0 spiro atoms. The quantitative estimate of drug-likeness (QED) is 0.498. The van der Waals surface area contributed by atoms with E-state index in [1.165, 1.54) is 24.2 Å². The summed E-state index contributed by atoms with van der Waals surface area (Å²) in [6.07, 6.45) is 10.1. The summed E-state index contributed by atoms with van der Waals surface area (Å²) in [6.45, 7) is 2.18. The average molecular weight is 209 g/mol. The van der Waals surface area contributed by atoms with Crippen molar-refractivity contribution in [1.82, 2.24) is 4.90 Å². The number of hydrogen-bond donors (Lipinski definition) is 0. The van der Waals surface area contributed by atoms with Gasteiger partial charge >= 0.3 is 0 Å². The van der Waals surface area contributed by atoms with E-state index >= 15 is 0 Å². The SMILES string of the molecule is CCCCCC/C=C/N1C(=O)CCC1=O. The van der Waals surface area contributed by atoms with E-state index in [1.54, 1.807) is 6.20 Å². The summed E-state index contributed by atoms with van der Waals surface area (Å²) in [5.41, 5.74) is 0. The molecule has 15 heavy (non-hydrogen) atoms. The van der Waals surface area contributed by atoms with Gasteiger partial charge in [-0.15, -0.1) is 0 Å². The molecule has 0 N–H and O–H groups in total. The molecule has 0 radical (unpaired) electrons. The Morgan fingerprint density at radius 3 is 2.40 bits per heavy atom. The van der Waals surface area contributed by atoms with Crippen LogP contribution >= 0.6 is 0 Å². The summed E-state index contributed by atoms with van der Waals surface area (Å²) in [5.74, 6) is -0.130. The smallest absolute Gasteiger partial charge is 0.233 e. The largest absolute Gasteiger partial charge is 0.274 e. The Balaban J connectivity index is 2.19. The molecule has 1 aliphatic rings. The highest BCUT2D eigenvalue weighted by Crippen LogP contribution is 2.12. The van der Waals surface area contributed by atoms with Crippen LogP contribution in [0.25, 0.3) is 0 Å². The van der Waals surface area contributed by atoms with Crippen LogP contribution in [0.1, 0.15) is 51.9 Å². The first-order valence-corrected chi connectivity index (χ1v) is 5.77. The van der Waals surface area contributed by atoms with Crippen molar-refractivity contribution in [3.8, 4) is 0 Å². The lowest BCUT2D eigenvalue weighted by Gasteiger charge is -2.06. The number of allylic oxidation sites excluding steroid dienone is 1. The zero-order chi connectivity index (χ0) is 11.1. The van der Waals surface area contributed by atoms with Gasteiger partial charge in [0.1, 0.15) is 0 Å². The molecule has 0 aromatic carbocycles. The zero-order valence-electron chi connectivity index (χ0n) is 9.37. The van der Waals surface area contributed by atoms with Crippen molar-refractivity contribution < 1.29 is 9.59 Å². The predicted octanol–water partition coefficient (Wildman–Crippen LogP) is 2.62. The summed E-state index contributed by atoms with van der Waals surface area (Å²) < 4.78 is 0. The topological polar surface area (TPSA) is 37.4 Å². The summed E-state index contributed by atoms with van der Waals surface area (Å²) in [4.78, 5) is 23.7. The van der Waals surface area contributed by atoms with Crippen molar-refractivity contribution >= 4 is 11.8 Å². The van der Waals surface area contributed by atoms with Gasteiger partial charge < -0.3 is 0 Å². The van der Waals surface area contributed by atoms with Crippen molar-refractivity contribution in [1.29, 1.82) is 0 Å². The van der Waals surface area contributed by atoms with E-state index in [9.17, 15) is 9.59 Å². The van der Waals surface area contributed by atoms with Gasteiger partial charge in [-0.25, -0.2) is 0 Å². The first-order chi connectivity index (χ1) is 7.25. The Bertz CT molecular complexity index is 242. The van der Waals surface area contributed by atoms with Gasteiger partial charge in [-0.3, -0.25) is 14.5 Å². The van der Waals surface area contributed by atoms with Crippen molar-refractivity contribution in [2.24, 2.45) is 0 Å². The molecular formula is C12H19NO2. The van der Waals surface area contributed by atoms with E-state index < -0.39 is 0 Å². The summed E-state index contributed by atoms with van der Waals surface area (Å²) in [6, 6.07) is 0. The maximum atomic E-state index is 11.2. The van der Waals surface area contributed by atoms with Crippen LogP contribution in [0.4, 0.5) is 0 Å². The molecule has 3 nitrogen and oxygen atoms in total. The fraction of sp³-hybridized carbons (Fsp3) is 0.667. The van der Waals surface area contributed by atoms with Crippen LogP contribution in [0, 0.1) is 0 Å². The van der Waals surface area contributed by atoms with Crippen LogP contribution in [0.5, 0.6) is 0 Å². The zero-order valence-corrected chi connectivity index (χ0v) is 9.37. The van der Waals surface area contributed by atoms with E-state index in [2.05, 4.69) is 6.92 Å². The number of unbranched alkanes of at least 4 members (excludes halogenated alkanes) is 4. The summed E-state index contributed by atoms with van der Waals surface area (Å²) in [5, 5.41) is 0. The van der Waals surface area contributed by atoms with Crippen LogP contribution in [-0.2, 0) is 9.59 Å². The third-order valence-electron chi connectivity index (χ3n) is 2.57. The standard InChI is InChI=1S/C12H19NO2/c1-2-3-4-5-6-7-10-13-11(14)8-9-12(13)15/h7,10H,2-6,8-9H2,1H3/b10-7+. The molecule has 0 unspecified atom stereocenters. The molecule has 1 aliphatic heterocycles. The second-order valence-corrected chi connectivity index (χ2v) is 3.89. The molecule has 1 heterocycles. The molecule has 84 valence electrons. The molecule has 0 bridgehead atoms. The molecule has 0 atom stereocenters. The van der Waals surface area contributed by atoms with Gasteiger partial charge in [0, 0.05) is 19.0 Å². The number of imide groups is 1. The van der Waals surface area contributed by atoms with Crippen LogP contribution in [0.2, 0.25) is 0 Å². The monoisotopic (exact) mass is 209 g/mol. The lowest BCUT2D eigenvalue weighted by Crippen LogP contribution is -2.22. The molecule has 1 fully saturated rings. The van der Waals surface area contributed by atoms with Gasteiger partial charge in [0.05, 0.1) is 0 Å². The summed E-state index contributed by atoms with van der Waals surface area (Å²) in [7, 11) is 0. The molecule has 3 heteroatoms. The van der Waals surface area contributed by atoms with Crippen LogP contribution in [0.3, 0.4) is 0 Å². The summed E-state index contributed by atoms with van der Waals surface area (Å²) >= 11 is 0. The lowest BCUT2D eigenvalue weighted by molar-refractivity contribution is -0.135. The van der Waals surface area contributed by atoms with E-state index in [-0.39, 0.29) is 11.8 Å². The van der Waals surface area contributed by atoms with Gasteiger partial charge in [-0.05, 0) is 12.8 Å². The minimum atomic E-state index is -0.0650. The second-order valence-electron chi connectivity index (χ2n) is 3.89. The molecule has 1 rings (SSSR count). The van der Waals surface area contributed by atoms with Crippen molar-refractivity contribution in [2.45, 2.75) is 51.9 Å². The maximum absolute atomic E-state index is 11.2. The number of carbonyl (C=O) groups is 2. The molecule has 0 saturated carbocycles. The first kappa shape index (κ1) is 12.0. The fourth-order valence-corrected chi connectivity index (χ4v) is 1.63. The minimum absolute atomic E-state index is 0.0650. The van der Waals surface area contributed by atoms with Crippen LogP contribution in [-0.4, -0.2) is 16.7 Å². The fourth-order valence-electron chi connectivity index (χ4n) is 1.63. The van der Waals surface area contributed by atoms with Gasteiger partial charge in [0.15, 0.2) is 0 Å². The highest BCUT2D eigenvalue weighted by Gasteiger charge is 2.26. The van der Waals surface area contributed by atoms with E-state index in [1.807, 2.05) is 6.08 Å². The Morgan fingerprint density at radius 1 is 1.13 bits per heavy atom. The number of rotatable bonds is 6. The van der Waals surface area contributed by atoms with Gasteiger partial charge in [0.25, 0.3) is 0 Å². The number of likely N-dealkylation sites (tertiary alicyclic amines) is 1. The maximum Gasteiger partial charge on any atom is 0.233 e. The molecule has 2 amide bonds. The van der Waals surface area contributed by atoms with E-state index in [0.29, 0.717) is 12.8 Å². The van der Waals surface area contributed by atoms with E-state index in [0.717, 1.165) is 12.8 Å². The number of amides is 2. The number of nitrogens with zero attached hydrogens (tertiary/aromatic N) is 1. The minimum Gasteiger partial charge on any atom is -0.274 e. The molecular weight excluding hydrogens is 190 g/mol. The second kappa shape index (κ2) is 6.38. The Morgan fingerprint density at radius 2 is 1.80 bits per heavy atom. The number of hydrogen-bond acceptors (Lipinski definition) is 2. The normalized spacial score (nSPS) is 17.0. The first-order valence-electron chi connectivity index (χ1n) is 5.77. The van der Waals surface area contributed by atoms with Gasteiger partial charge in [0.2, 0.25) is 11.8 Å². The Kier molecular flexibility index (Phi) is 5.08. The average Bonchev–Trinajstić information content (AvgIpc) is 2.54. The molecule has 0 aromatic heterocycles. The molecule has 1 saturated heterocycles. The van der Waals surface area contributed by atoms with Crippen molar-refractivity contribution in [3.05, 3.63) is 12.3 Å². The molecule has 0 aromatic rings. The number of carbonyl (C=O) groups excluding carboxylic acids is 2. The predicted molar refractivity (Wildman–Crippen MR) is 59.0 cm³/mol. The van der Waals surface area contributed by atoms with Crippen molar-refractivity contribution in [3.63, 3.8) is 0 Å². The Hall–Kier alpha value is -1.12. The van der Waals surface area contributed by atoms with Gasteiger partial charge in [-0.2, -0.15) is 0 Å².